The molecule has 4 unspecified atom stereocenters. The molecule has 39 heteroatoms. The highest BCUT2D eigenvalue weighted by molar-refractivity contribution is 7.66. The van der Waals surface area contributed by atoms with Crippen LogP contribution in [0, 0.1) is 5.92 Å². The van der Waals surface area contributed by atoms with E-state index in [1.54, 1.807) is 0 Å². The van der Waals surface area contributed by atoms with Gasteiger partial charge in [-0.1, -0.05) is 4.98 Å². The number of phosphoric acid groups is 3. The van der Waals surface area contributed by atoms with Crippen molar-refractivity contribution < 1.29 is 99.1 Å². The predicted octanol–water partition coefficient (Wildman–Crippen LogP) is -4.29. The number of phosphoric ester groups is 2. The van der Waals surface area contributed by atoms with E-state index in [9.17, 15) is 62.9 Å². The number of fused-ring (bicyclic) bond motifs is 2. The topological polar surface area (TPSA) is 490 Å². The molecule has 3 saturated heterocycles. The number of aryl methyl sites for hydroxylation is 1. The number of nitrogens with one attached hydrogen (secondary N) is 2. The third-order valence-electron chi connectivity index (χ3n) is 12.0. The Hall–Kier alpha value is -5.30. The van der Waals surface area contributed by atoms with Crippen molar-refractivity contribution >= 4 is 63.5 Å². The van der Waals surface area contributed by atoms with Crippen LogP contribution in [0.5, 0.6) is 0 Å². The van der Waals surface area contributed by atoms with Crippen molar-refractivity contribution in [2.75, 3.05) is 59.3 Å². The Kier molecular flexibility index (Phi) is 16.4. The first-order valence-electron chi connectivity index (χ1n) is 21.9. The van der Waals surface area contributed by atoms with Crippen LogP contribution in [-0.4, -0.2) is 181 Å². The van der Waals surface area contributed by atoms with Gasteiger partial charge >= 0.3 is 34.8 Å². The lowest BCUT2D eigenvalue weighted by Crippen LogP contribution is -2.45. The summed E-state index contributed by atoms with van der Waals surface area (Å²) in [6.07, 6.45) is -11.3. The number of nitrogens with zero attached hydrogens (tertiary/aromatic N) is 9. The van der Waals surface area contributed by atoms with Gasteiger partial charge in [-0.05, 0) is 0 Å². The molecule has 15 atom stereocenters. The van der Waals surface area contributed by atoms with Crippen molar-refractivity contribution in [3.8, 4) is 0 Å². The van der Waals surface area contributed by atoms with E-state index < -0.39 is 153 Å². The number of aromatic nitrogens is 10. The van der Waals surface area contributed by atoms with Crippen LogP contribution in [0.15, 0.2) is 45.6 Å². The highest BCUT2D eigenvalue weighted by atomic mass is 31.3. The predicted molar refractivity (Wildman–Crippen MR) is 244 cm³/mol. The SMILES string of the molecule is CO[C@@H]1[C@H](OCOC[C@H]2O[C@@H](n3ccc(=O)[nH]c3=O)[C@H](O)[C@@H]2O)[C@@H](COP(=O)(O)OP(=O)(O)OP(=O)(O)OC[C@H]2OC([n+]3cn(C)c4c(=O)[nH]c(N)nc43)[C@H](O)[C@@H]2CC(=O)N(C)C)O[C@H]1n1cnc2c(N)ncnc21. The van der Waals surface area contributed by atoms with Gasteiger partial charge in [-0.3, -0.25) is 47.1 Å². The maximum Gasteiger partial charge on any atom is 0.490 e. The summed E-state index contributed by atoms with van der Waals surface area (Å²) in [5.74, 6) is -2.03. The number of H-pyrrole nitrogens is 2. The number of aliphatic hydroxyl groups excluding tert-OH is 3. The molecule has 0 bridgehead atoms. The number of nitrogen functional groups attached to an aromatic ring is 2. The maximum atomic E-state index is 13.3. The fourth-order valence-electron chi connectivity index (χ4n) is 8.52. The molecule has 12 N–H and O–H groups in total. The molecule has 0 spiro atoms. The van der Waals surface area contributed by atoms with Crippen LogP contribution in [-0.2, 0) is 71.6 Å². The van der Waals surface area contributed by atoms with Gasteiger partial charge in [0.05, 0.1) is 39.3 Å². The molecule has 412 valence electrons. The van der Waals surface area contributed by atoms with Gasteiger partial charge in [0.2, 0.25) is 17.7 Å². The molecule has 8 rings (SSSR count). The number of rotatable bonds is 21. The van der Waals surface area contributed by atoms with E-state index in [0.717, 1.165) is 23.2 Å². The van der Waals surface area contributed by atoms with E-state index in [0.29, 0.717) is 0 Å². The van der Waals surface area contributed by atoms with Gasteiger partial charge in [-0.25, -0.2) is 38.0 Å². The van der Waals surface area contributed by atoms with Crippen LogP contribution < -0.4 is 32.8 Å². The summed E-state index contributed by atoms with van der Waals surface area (Å²) in [6.45, 7) is -3.19. The Morgan fingerprint density at radius 3 is 2.20 bits per heavy atom. The summed E-state index contributed by atoms with van der Waals surface area (Å²) in [6, 6.07) is 1.00. The Balaban J connectivity index is 0.925. The number of carbonyl (C=O) groups excluding carboxylic acids is 1. The number of aliphatic hydroxyl groups is 3. The van der Waals surface area contributed by atoms with E-state index in [2.05, 4.69) is 33.5 Å². The molecular formula is C36H51N13O23P3+. The monoisotopic (exact) mass is 1130 g/mol. The summed E-state index contributed by atoms with van der Waals surface area (Å²) in [4.78, 5) is 103. The molecule has 8 heterocycles. The zero-order chi connectivity index (χ0) is 54.5. The number of nitrogens with two attached hydrogens (primary N) is 2. The van der Waals surface area contributed by atoms with Crippen molar-refractivity contribution in [3.63, 3.8) is 0 Å². The number of hydrogen-bond donors (Lipinski definition) is 10. The highest BCUT2D eigenvalue weighted by Crippen LogP contribution is 2.68. The molecule has 75 heavy (non-hydrogen) atoms. The van der Waals surface area contributed by atoms with Gasteiger partial charge in [0.1, 0.15) is 61.4 Å². The Morgan fingerprint density at radius 2 is 1.53 bits per heavy atom. The molecule has 5 aromatic heterocycles. The first-order chi connectivity index (χ1) is 35.3. The average molecular weight is 1130 g/mol. The number of carbonyl (C=O) groups is 1. The minimum absolute atomic E-state index is 0.00690. The van der Waals surface area contributed by atoms with Crippen molar-refractivity contribution in [1.82, 2.24) is 48.5 Å². The zero-order valence-electron chi connectivity index (χ0n) is 39.5. The Labute approximate surface area is 419 Å². The molecular weight excluding hydrogens is 1080 g/mol. The summed E-state index contributed by atoms with van der Waals surface area (Å²) in [5.41, 5.74) is 9.68. The summed E-state index contributed by atoms with van der Waals surface area (Å²) < 4.78 is 97.8. The second-order valence-electron chi connectivity index (χ2n) is 17.2. The van der Waals surface area contributed by atoms with Gasteiger partial charge in [0.25, 0.3) is 17.1 Å². The van der Waals surface area contributed by atoms with Crippen LogP contribution in [0.2, 0.25) is 0 Å². The molecule has 3 aliphatic rings. The third kappa shape index (κ3) is 12.0. The summed E-state index contributed by atoms with van der Waals surface area (Å²) >= 11 is 0. The van der Waals surface area contributed by atoms with Crippen molar-refractivity contribution in [2.24, 2.45) is 13.0 Å². The standard InChI is InChI=1S/C36H50N13O23P3/c1-45(2)20(51)7-15-16(68-32(23(15)52)49-13-46(3)22-30(49)43-35(38)44-31(22)55)9-66-73(57,58)71-75(61,62)72-74(59,60)67-10-18-26(27(63-4)34(70-18)48-12-41-21-28(37)39-11-40-29(21)48)65-14-64-8-17-24(53)25(54)33(69-17)47-6-5-19(50)42-36(47)56/h5-6,11-13,15-18,23-27,32-34,52-54H,7-10,14H2,1-4H3,(H8-,37,38,39,40,42,43,44,50,55,56,57,58,59,60,61,62)/p+1/t15-,16-,17-,18-,23-,24-,25-,26-,27-,32?,33-,34-/m1/s1. The largest absolute Gasteiger partial charge is 0.490 e. The van der Waals surface area contributed by atoms with Crippen LogP contribution in [0.25, 0.3) is 22.3 Å². The highest BCUT2D eigenvalue weighted by Gasteiger charge is 2.52. The number of imidazole rings is 2. The van der Waals surface area contributed by atoms with E-state index in [-0.39, 0.29) is 34.1 Å². The molecule has 36 nitrogen and oxygen atoms in total. The van der Waals surface area contributed by atoms with E-state index in [1.165, 1.54) is 59.5 Å². The van der Waals surface area contributed by atoms with Crippen LogP contribution in [0.3, 0.4) is 0 Å². The molecule has 0 aliphatic carbocycles. The molecule has 1 amide bonds. The quantitative estimate of drug-likeness (QED) is 0.0144. The molecule has 5 aromatic rings. The Bertz CT molecular complexity index is 3240. The molecule has 0 saturated carbocycles. The number of aromatic amines is 2. The fourth-order valence-corrected chi connectivity index (χ4v) is 12.0. The van der Waals surface area contributed by atoms with E-state index in [4.69, 9.17) is 48.9 Å². The summed E-state index contributed by atoms with van der Waals surface area (Å²) in [5, 5.41) is 32.7. The lowest BCUT2D eigenvalue weighted by atomic mass is 9.94. The summed E-state index contributed by atoms with van der Waals surface area (Å²) in [7, 11) is -12.2. The molecule has 0 aromatic carbocycles. The number of ether oxygens (including phenoxy) is 6. The van der Waals surface area contributed by atoms with Gasteiger partial charge in [0, 0.05) is 45.8 Å². The van der Waals surface area contributed by atoms with Gasteiger partial charge < -0.3 is 74.8 Å². The minimum Gasteiger partial charge on any atom is -0.387 e. The van der Waals surface area contributed by atoms with Gasteiger partial charge in [-0.15, -0.1) is 0 Å². The second-order valence-corrected chi connectivity index (χ2v) is 21.8. The van der Waals surface area contributed by atoms with E-state index in [1.807, 2.05) is 4.98 Å². The smallest absolute Gasteiger partial charge is 0.387 e. The number of methoxy groups -OCH3 is 1. The first-order valence-corrected chi connectivity index (χ1v) is 26.4. The van der Waals surface area contributed by atoms with Gasteiger partial charge in [-0.2, -0.15) is 8.62 Å². The number of hydrogen-bond acceptors (Lipinski definition) is 26. The molecule has 3 aliphatic heterocycles. The normalized spacial score (nSPS) is 29.4. The zero-order valence-corrected chi connectivity index (χ0v) is 42.2. The first kappa shape index (κ1) is 55.9. The maximum absolute atomic E-state index is 13.3. The van der Waals surface area contributed by atoms with Crippen LogP contribution in [0.1, 0.15) is 25.1 Å². The number of amides is 1. The minimum atomic E-state index is -6.13. The second kappa shape index (κ2) is 22.0. The number of anilines is 2. The third-order valence-corrected chi connectivity index (χ3v) is 16.3. The van der Waals surface area contributed by atoms with Crippen molar-refractivity contribution in [1.29, 1.82) is 0 Å². The average Bonchev–Trinajstić information content (AvgIpc) is 4.12. The van der Waals surface area contributed by atoms with Crippen LogP contribution >= 0.6 is 23.5 Å². The Morgan fingerprint density at radius 1 is 0.853 bits per heavy atom. The van der Waals surface area contributed by atoms with Crippen LogP contribution in [0.4, 0.5) is 11.8 Å². The van der Waals surface area contributed by atoms with Crippen molar-refractivity contribution in [2.45, 2.75) is 73.9 Å². The molecule has 0 radical (unpaired) electrons. The van der Waals surface area contributed by atoms with Gasteiger partial charge in [0.15, 0.2) is 30.2 Å². The van der Waals surface area contributed by atoms with Crippen molar-refractivity contribution in [3.05, 3.63) is 62.4 Å². The molecule has 3 fully saturated rings. The lowest BCUT2D eigenvalue weighted by Gasteiger charge is -2.24. The van der Waals surface area contributed by atoms with E-state index >= 15 is 0 Å². The lowest BCUT2D eigenvalue weighted by molar-refractivity contribution is -0.745. The fraction of sp³-hybridized carbons (Fsp3) is 0.583.